The average molecular weight is 464 g/mol. The Hall–Kier alpha value is -3.14. The predicted molar refractivity (Wildman–Crippen MR) is 115 cm³/mol. The second-order valence-corrected chi connectivity index (χ2v) is 7.69. The van der Waals surface area contributed by atoms with Gasteiger partial charge in [-0.2, -0.15) is 0 Å². The Kier molecular flexibility index (Phi) is 8.04. The number of hydrogen-bond acceptors (Lipinski definition) is 7. The van der Waals surface area contributed by atoms with Crippen molar-refractivity contribution in [3.05, 3.63) is 65.6 Å². The Bertz CT molecular complexity index is 1060. The smallest absolute Gasteiger partial charge is 0.277 e. The second-order valence-electron chi connectivity index (χ2n) is 6.76. The van der Waals surface area contributed by atoms with Crippen LogP contribution >= 0.6 is 11.8 Å². The molecule has 0 fully saturated rings. The van der Waals surface area contributed by atoms with E-state index in [2.05, 4.69) is 10.2 Å². The Balaban J connectivity index is 1.55. The molecule has 0 N–H and O–H groups in total. The van der Waals surface area contributed by atoms with Gasteiger partial charge in [0.2, 0.25) is 5.91 Å². The lowest BCUT2D eigenvalue weighted by atomic mass is 10.2. The summed E-state index contributed by atoms with van der Waals surface area (Å²) in [6.07, 6.45) is -0.665. The standard InChI is InChI=1S/C22H23F2N3O4S/c1-4-27(12-15-9-10-18(29-3)17(24)11-15)20(28)13-32-22-26-25-21(31-22)14(2)30-19-8-6-5-7-16(19)23/h5-11,14H,4,12-13H2,1-3H3. The third-order valence-electron chi connectivity index (χ3n) is 4.55. The highest BCUT2D eigenvalue weighted by atomic mass is 32.2. The molecule has 32 heavy (non-hydrogen) atoms. The number of halogens is 2. The highest BCUT2D eigenvalue weighted by Crippen LogP contribution is 2.26. The van der Waals surface area contributed by atoms with Crippen LogP contribution in [0.1, 0.15) is 31.4 Å². The highest BCUT2D eigenvalue weighted by Gasteiger charge is 2.19. The molecule has 0 aliphatic carbocycles. The molecule has 0 radical (unpaired) electrons. The number of para-hydroxylation sites is 1. The maximum atomic E-state index is 13.9. The lowest BCUT2D eigenvalue weighted by molar-refractivity contribution is -0.128. The monoisotopic (exact) mass is 463 g/mol. The Morgan fingerprint density at radius 2 is 1.94 bits per heavy atom. The molecule has 0 spiro atoms. The normalized spacial score (nSPS) is 11.8. The fourth-order valence-electron chi connectivity index (χ4n) is 2.84. The van der Waals surface area contributed by atoms with Crippen molar-refractivity contribution in [2.24, 2.45) is 0 Å². The fourth-order valence-corrected chi connectivity index (χ4v) is 3.52. The van der Waals surface area contributed by atoms with E-state index in [1.54, 1.807) is 30.0 Å². The molecule has 0 aliphatic heterocycles. The third kappa shape index (κ3) is 5.97. The van der Waals surface area contributed by atoms with Crippen molar-refractivity contribution in [1.29, 1.82) is 0 Å². The summed E-state index contributed by atoms with van der Waals surface area (Å²) in [5.74, 6) is -0.663. The van der Waals surface area contributed by atoms with E-state index in [-0.39, 0.29) is 40.8 Å². The molecule has 0 saturated carbocycles. The summed E-state index contributed by atoms with van der Waals surface area (Å²) in [4.78, 5) is 14.2. The van der Waals surface area contributed by atoms with Crippen molar-refractivity contribution < 1.29 is 27.5 Å². The number of benzene rings is 2. The molecular formula is C22H23F2N3O4S. The zero-order valence-corrected chi connectivity index (χ0v) is 18.7. The number of nitrogens with zero attached hydrogens (tertiary/aromatic N) is 3. The Morgan fingerprint density at radius 3 is 2.62 bits per heavy atom. The number of amides is 1. The van der Waals surface area contributed by atoms with E-state index in [4.69, 9.17) is 13.9 Å². The number of ether oxygens (including phenoxy) is 2. The highest BCUT2D eigenvalue weighted by molar-refractivity contribution is 7.99. The number of carbonyl (C=O) groups is 1. The van der Waals surface area contributed by atoms with E-state index < -0.39 is 17.7 Å². The van der Waals surface area contributed by atoms with E-state index in [1.807, 2.05) is 6.92 Å². The molecule has 0 saturated heterocycles. The van der Waals surface area contributed by atoms with Crippen molar-refractivity contribution in [1.82, 2.24) is 15.1 Å². The van der Waals surface area contributed by atoms with Crippen LogP contribution in [0.5, 0.6) is 11.5 Å². The lowest BCUT2D eigenvalue weighted by Crippen LogP contribution is -2.31. The first-order chi connectivity index (χ1) is 15.4. The van der Waals surface area contributed by atoms with Gasteiger partial charge in [0, 0.05) is 13.1 Å². The van der Waals surface area contributed by atoms with E-state index in [0.29, 0.717) is 12.1 Å². The van der Waals surface area contributed by atoms with Gasteiger partial charge < -0.3 is 18.8 Å². The zero-order valence-electron chi connectivity index (χ0n) is 17.9. The summed E-state index contributed by atoms with van der Waals surface area (Å²) in [5, 5.41) is 8.02. The zero-order chi connectivity index (χ0) is 23.1. The summed E-state index contributed by atoms with van der Waals surface area (Å²) < 4.78 is 43.6. The summed E-state index contributed by atoms with van der Waals surface area (Å²) >= 11 is 1.08. The van der Waals surface area contributed by atoms with Crippen LogP contribution in [0.4, 0.5) is 8.78 Å². The van der Waals surface area contributed by atoms with Gasteiger partial charge in [-0.1, -0.05) is 30.0 Å². The molecule has 2 aromatic carbocycles. The molecule has 3 rings (SSSR count). The number of carbonyl (C=O) groups excluding carboxylic acids is 1. The molecule has 1 unspecified atom stereocenters. The topological polar surface area (TPSA) is 77.7 Å². The Labute approximate surface area is 188 Å². The molecule has 1 heterocycles. The quantitative estimate of drug-likeness (QED) is 0.406. The van der Waals surface area contributed by atoms with E-state index >= 15 is 0 Å². The van der Waals surface area contributed by atoms with E-state index in [9.17, 15) is 13.6 Å². The van der Waals surface area contributed by atoms with Crippen molar-refractivity contribution >= 4 is 17.7 Å². The second kappa shape index (κ2) is 10.9. The van der Waals surface area contributed by atoms with Crippen LogP contribution in [-0.2, 0) is 11.3 Å². The molecule has 7 nitrogen and oxygen atoms in total. The van der Waals surface area contributed by atoms with Crippen LogP contribution < -0.4 is 9.47 Å². The van der Waals surface area contributed by atoms with Crippen LogP contribution in [0.3, 0.4) is 0 Å². The molecule has 10 heteroatoms. The molecule has 0 bridgehead atoms. The average Bonchev–Trinajstić information content (AvgIpc) is 3.27. The van der Waals surface area contributed by atoms with Gasteiger partial charge in [0.1, 0.15) is 0 Å². The molecule has 1 aromatic heterocycles. The summed E-state index contributed by atoms with van der Waals surface area (Å²) in [7, 11) is 1.40. The summed E-state index contributed by atoms with van der Waals surface area (Å²) in [6.45, 7) is 4.22. The minimum Gasteiger partial charge on any atom is -0.494 e. The van der Waals surface area contributed by atoms with Crippen LogP contribution in [0.2, 0.25) is 0 Å². The van der Waals surface area contributed by atoms with E-state index in [1.165, 1.54) is 31.4 Å². The number of aromatic nitrogens is 2. The van der Waals surface area contributed by atoms with Crippen molar-refractivity contribution in [2.45, 2.75) is 31.7 Å². The fraction of sp³-hybridized carbons (Fsp3) is 0.318. The maximum Gasteiger partial charge on any atom is 0.277 e. The van der Waals surface area contributed by atoms with Gasteiger partial charge >= 0.3 is 0 Å². The lowest BCUT2D eigenvalue weighted by Gasteiger charge is -2.20. The molecule has 170 valence electrons. The predicted octanol–water partition coefficient (Wildman–Crippen LogP) is 4.64. The van der Waals surface area contributed by atoms with Crippen LogP contribution in [0, 0.1) is 11.6 Å². The van der Waals surface area contributed by atoms with Gasteiger partial charge in [0.25, 0.3) is 11.1 Å². The number of methoxy groups -OCH3 is 1. The van der Waals surface area contributed by atoms with Crippen molar-refractivity contribution in [2.75, 3.05) is 19.4 Å². The number of rotatable bonds is 10. The maximum absolute atomic E-state index is 13.9. The van der Waals surface area contributed by atoms with Gasteiger partial charge in [-0.05, 0) is 43.7 Å². The number of thioether (sulfide) groups is 1. The first-order valence-electron chi connectivity index (χ1n) is 9.88. The third-order valence-corrected chi connectivity index (χ3v) is 5.36. The van der Waals surface area contributed by atoms with Crippen LogP contribution in [0.15, 0.2) is 52.1 Å². The Morgan fingerprint density at radius 1 is 1.16 bits per heavy atom. The minimum atomic E-state index is -0.665. The van der Waals surface area contributed by atoms with Gasteiger partial charge in [0.15, 0.2) is 29.2 Å². The van der Waals surface area contributed by atoms with Crippen LogP contribution in [0.25, 0.3) is 0 Å². The first kappa shape index (κ1) is 23.5. The van der Waals surface area contributed by atoms with Gasteiger partial charge in [-0.3, -0.25) is 4.79 Å². The molecule has 0 aliphatic rings. The number of hydrogen-bond donors (Lipinski definition) is 0. The van der Waals surface area contributed by atoms with Gasteiger partial charge in [0.05, 0.1) is 12.9 Å². The first-order valence-corrected chi connectivity index (χ1v) is 10.9. The van der Waals surface area contributed by atoms with Crippen molar-refractivity contribution in [3.8, 4) is 11.5 Å². The minimum absolute atomic E-state index is 0.0661. The van der Waals surface area contributed by atoms with E-state index in [0.717, 1.165) is 11.8 Å². The SMILES string of the molecule is CCN(Cc1ccc(OC)c(F)c1)C(=O)CSc1nnc(C(C)Oc2ccccc2F)o1. The molecular weight excluding hydrogens is 440 g/mol. The summed E-state index contributed by atoms with van der Waals surface area (Å²) in [6, 6.07) is 10.6. The largest absolute Gasteiger partial charge is 0.494 e. The summed E-state index contributed by atoms with van der Waals surface area (Å²) in [5.41, 5.74) is 0.655. The molecule has 1 amide bonds. The molecule has 1 atom stereocenters. The molecule has 3 aromatic rings. The van der Waals surface area contributed by atoms with Crippen LogP contribution in [-0.4, -0.2) is 40.4 Å². The van der Waals surface area contributed by atoms with Gasteiger partial charge in [-0.15, -0.1) is 10.2 Å². The van der Waals surface area contributed by atoms with Crippen molar-refractivity contribution in [3.63, 3.8) is 0 Å². The van der Waals surface area contributed by atoms with Gasteiger partial charge in [-0.25, -0.2) is 8.78 Å².